The highest BCUT2D eigenvalue weighted by Gasteiger charge is 2.07. The summed E-state index contributed by atoms with van der Waals surface area (Å²) in [5, 5.41) is 12.9. The zero-order valence-corrected chi connectivity index (χ0v) is 11.6. The number of hydrogen-bond acceptors (Lipinski definition) is 3. The second-order valence-corrected chi connectivity index (χ2v) is 4.75. The summed E-state index contributed by atoms with van der Waals surface area (Å²) in [5.41, 5.74) is 1.28. The Bertz CT molecular complexity index is 611. The van der Waals surface area contributed by atoms with Gasteiger partial charge in [0.1, 0.15) is 11.5 Å². The zero-order chi connectivity index (χ0) is 14.5. The highest BCUT2D eigenvalue weighted by atomic mass is 35.5. The minimum Gasteiger partial charge on any atom is -0.506 e. The Balaban J connectivity index is 1.90. The normalized spacial score (nSPS) is 10.1. The van der Waals surface area contributed by atoms with Gasteiger partial charge in [0.05, 0.1) is 5.69 Å². The van der Waals surface area contributed by atoms with Crippen molar-refractivity contribution in [3.05, 3.63) is 53.1 Å². The number of rotatable bonds is 4. The van der Waals surface area contributed by atoms with E-state index < -0.39 is 0 Å². The minimum atomic E-state index is -0.348. The number of ether oxygens (including phenoxy) is 1. The van der Waals surface area contributed by atoms with Crippen molar-refractivity contribution in [1.29, 1.82) is 0 Å². The van der Waals surface area contributed by atoms with Gasteiger partial charge in [0.15, 0.2) is 6.61 Å². The summed E-state index contributed by atoms with van der Waals surface area (Å²) in [6, 6.07) is 11.7. The molecular formula is C15H14ClNO3. The molecule has 104 valence electrons. The molecule has 0 aliphatic carbocycles. The third kappa shape index (κ3) is 3.90. The van der Waals surface area contributed by atoms with Gasteiger partial charge in [-0.2, -0.15) is 0 Å². The molecule has 0 radical (unpaired) electrons. The fourth-order valence-electron chi connectivity index (χ4n) is 1.61. The van der Waals surface area contributed by atoms with Crippen LogP contribution in [0.3, 0.4) is 0 Å². The van der Waals surface area contributed by atoms with Gasteiger partial charge in [0.25, 0.3) is 5.91 Å². The molecule has 0 aromatic heterocycles. The lowest BCUT2D eigenvalue weighted by Crippen LogP contribution is -2.20. The summed E-state index contributed by atoms with van der Waals surface area (Å²) in [6.45, 7) is 1.71. The van der Waals surface area contributed by atoms with Crippen molar-refractivity contribution in [3.8, 4) is 11.5 Å². The molecule has 4 nitrogen and oxygen atoms in total. The van der Waals surface area contributed by atoms with E-state index in [1.54, 1.807) is 42.5 Å². The molecule has 0 atom stereocenters. The molecule has 2 aromatic carbocycles. The van der Waals surface area contributed by atoms with Crippen LogP contribution in [0.15, 0.2) is 42.5 Å². The number of anilines is 1. The Morgan fingerprint density at radius 3 is 2.60 bits per heavy atom. The van der Waals surface area contributed by atoms with Gasteiger partial charge < -0.3 is 15.2 Å². The standard InChI is InChI=1S/C15H14ClNO3/c1-10-2-7-13(14(18)8-10)17-15(19)9-20-12-5-3-11(16)4-6-12/h2-8,18H,9H2,1H3,(H,17,19). The average Bonchev–Trinajstić information content (AvgIpc) is 2.41. The first-order valence-electron chi connectivity index (χ1n) is 6.02. The third-order valence-corrected chi connectivity index (χ3v) is 2.86. The van der Waals surface area contributed by atoms with Crippen LogP contribution in [0.5, 0.6) is 11.5 Å². The van der Waals surface area contributed by atoms with Crippen LogP contribution < -0.4 is 10.1 Å². The van der Waals surface area contributed by atoms with Crippen LogP contribution in [0.2, 0.25) is 5.02 Å². The van der Waals surface area contributed by atoms with Crippen molar-refractivity contribution in [2.45, 2.75) is 6.92 Å². The molecule has 20 heavy (non-hydrogen) atoms. The minimum absolute atomic E-state index is 0.0323. The van der Waals surface area contributed by atoms with Gasteiger partial charge in [-0.3, -0.25) is 4.79 Å². The fourth-order valence-corrected chi connectivity index (χ4v) is 1.74. The van der Waals surface area contributed by atoms with E-state index in [-0.39, 0.29) is 18.3 Å². The first-order valence-corrected chi connectivity index (χ1v) is 6.40. The van der Waals surface area contributed by atoms with Gasteiger partial charge in [-0.05, 0) is 48.9 Å². The van der Waals surface area contributed by atoms with Crippen molar-refractivity contribution in [2.24, 2.45) is 0 Å². The first kappa shape index (κ1) is 14.2. The Hall–Kier alpha value is -2.20. The molecule has 0 heterocycles. The van der Waals surface area contributed by atoms with Crippen LogP contribution in [0.4, 0.5) is 5.69 Å². The van der Waals surface area contributed by atoms with Gasteiger partial charge in [-0.15, -0.1) is 0 Å². The van der Waals surface area contributed by atoms with E-state index in [0.717, 1.165) is 5.56 Å². The molecule has 0 unspecified atom stereocenters. The third-order valence-electron chi connectivity index (χ3n) is 2.61. The van der Waals surface area contributed by atoms with Gasteiger partial charge in [0.2, 0.25) is 0 Å². The molecule has 1 amide bonds. The number of aromatic hydroxyl groups is 1. The molecule has 0 aliphatic heterocycles. The molecule has 0 spiro atoms. The maximum absolute atomic E-state index is 11.7. The van der Waals surface area contributed by atoms with Crippen LogP contribution in [0, 0.1) is 6.92 Å². The molecule has 0 aliphatic rings. The summed E-state index contributed by atoms with van der Waals surface area (Å²) in [5.74, 6) is 0.238. The zero-order valence-electron chi connectivity index (χ0n) is 10.9. The number of hydrogen-bond donors (Lipinski definition) is 2. The molecule has 2 N–H and O–H groups in total. The van der Waals surface area contributed by atoms with E-state index in [1.807, 2.05) is 6.92 Å². The van der Waals surface area contributed by atoms with Gasteiger partial charge in [-0.1, -0.05) is 17.7 Å². The fraction of sp³-hybridized carbons (Fsp3) is 0.133. The molecule has 5 heteroatoms. The SMILES string of the molecule is Cc1ccc(NC(=O)COc2ccc(Cl)cc2)c(O)c1. The van der Waals surface area contributed by atoms with Crippen molar-refractivity contribution >= 4 is 23.2 Å². The molecule has 2 rings (SSSR count). The Morgan fingerprint density at radius 1 is 1.25 bits per heavy atom. The van der Waals surface area contributed by atoms with Crippen molar-refractivity contribution in [2.75, 3.05) is 11.9 Å². The van der Waals surface area contributed by atoms with Crippen LogP contribution in [-0.2, 0) is 4.79 Å². The van der Waals surface area contributed by atoms with E-state index >= 15 is 0 Å². The summed E-state index contributed by atoms with van der Waals surface area (Å²) in [4.78, 5) is 11.7. The van der Waals surface area contributed by atoms with Gasteiger partial charge >= 0.3 is 0 Å². The number of carbonyl (C=O) groups is 1. The molecule has 2 aromatic rings. The van der Waals surface area contributed by atoms with Crippen molar-refractivity contribution in [3.63, 3.8) is 0 Å². The molecule has 0 saturated heterocycles. The predicted molar refractivity (Wildman–Crippen MR) is 78.4 cm³/mol. The van der Waals surface area contributed by atoms with Crippen molar-refractivity contribution < 1.29 is 14.6 Å². The van der Waals surface area contributed by atoms with E-state index in [4.69, 9.17) is 16.3 Å². The first-order chi connectivity index (χ1) is 9.54. The molecular weight excluding hydrogens is 278 g/mol. The number of nitrogens with one attached hydrogen (secondary N) is 1. The van der Waals surface area contributed by atoms with Crippen LogP contribution in [0.25, 0.3) is 0 Å². The largest absolute Gasteiger partial charge is 0.506 e. The van der Waals surface area contributed by atoms with E-state index in [9.17, 15) is 9.90 Å². The lowest BCUT2D eigenvalue weighted by Gasteiger charge is -2.09. The number of amides is 1. The van der Waals surface area contributed by atoms with Crippen LogP contribution in [-0.4, -0.2) is 17.6 Å². The average molecular weight is 292 g/mol. The summed E-state index contributed by atoms with van der Waals surface area (Å²) >= 11 is 5.75. The maximum atomic E-state index is 11.7. The number of benzene rings is 2. The van der Waals surface area contributed by atoms with Gasteiger partial charge in [0, 0.05) is 5.02 Å². The second kappa shape index (κ2) is 6.30. The van der Waals surface area contributed by atoms with Crippen LogP contribution >= 0.6 is 11.6 Å². The highest BCUT2D eigenvalue weighted by molar-refractivity contribution is 6.30. The summed E-state index contributed by atoms with van der Waals surface area (Å²) < 4.78 is 5.31. The number of halogens is 1. The van der Waals surface area contributed by atoms with Gasteiger partial charge in [-0.25, -0.2) is 0 Å². The van der Waals surface area contributed by atoms with Crippen LogP contribution in [0.1, 0.15) is 5.56 Å². The van der Waals surface area contributed by atoms with E-state index in [0.29, 0.717) is 16.5 Å². The maximum Gasteiger partial charge on any atom is 0.262 e. The quantitative estimate of drug-likeness (QED) is 0.849. The Morgan fingerprint density at radius 2 is 1.95 bits per heavy atom. The lowest BCUT2D eigenvalue weighted by molar-refractivity contribution is -0.118. The Kier molecular flexibility index (Phi) is 4.48. The van der Waals surface area contributed by atoms with E-state index in [2.05, 4.69) is 5.32 Å². The molecule has 0 fully saturated rings. The van der Waals surface area contributed by atoms with E-state index in [1.165, 1.54) is 0 Å². The number of phenolic OH excluding ortho intramolecular Hbond substituents is 1. The second-order valence-electron chi connectivity index (χ2n) is 4.31. The number of aryl methyl sites for hydroxylation is 1. The monoisotopic (exact) mass is 291 g/mol. The number of carbonyl (C=O) groups excluding carboxylic acids is 1. The number of phenols is 1. The highest BCUT2D eigenvalue weighted by Crippen LogP contribution is 2.23. The Labute approximate surface area is 122 Å². The lowest BCUT2D eigenvalue weighted by atomic mass is 10.2. The summed E-state index contributed by atoms with van der Waals surface area (Å²) in [7, 11) is 0. The molecule has 0 saturated carbocycles. The topological polar surface area (TPSA) is 58.6 Å². The summed E-state index contributed by atoms with van der Waals surface area (Å²) in [6.07, 6.45) is 0. The predicted octanol–water partition coefficient (Wildman–Crippen LogP) is 3.37. The smallest absolute Gasteiger partial charge is 0.262 e. The molecule has 0 bridgehead atoms. The van der Waals surface area contributed by atoms with Crippen molar-refractivity contribution in [1.82, 2.24) is 0 Å².